The molecule has 22 heavy (non-hydrogen) atoms. The van der Waals surface area contributed by atoms with Gasteiger partial charge < -0.3 is 9.47 Å². The molecule has 116 valence electrons. The minimum atomic E-state index is -0.389. The molecule has 0 radical (unpaired) electrons. The fraction of sp³-hybridized carbons (Fsp3) is 0.278. The summed E-state index contributed by atoms with van der Waals surface area (Å²) in [5, 5.41) is 0. The molecule has 3 nitrogen and oxygen atoms in total. The summed E-state index contributed by atoms with van der Waals surface area (Å²) in [6.45, 7) is 6.78. The standard InChI is InChI=1S/C18H19BrO3/c1-12(2)11-21-17-9-6-14(10-16(17)19)18(20)22-15-7-4-13(3)5-8-15/h4-10,12H,11H2,1-3H3. The van der Waals surface area contributed by atoms with Crippen molar-refractivity contribution in [2.45, 2.75) is 20.8 Å². The lowest BCUT2D eigenvalue weighted by Gasteiger charge is -2.11. The highest BCUT2D eigenvalue weighted by Gasteiger charge is 2.12. The van der Waals surface area contributed by atoms with Gasteiger partial charge in [-0.1, -0.05) is 31.5 Å². The number of esters is 1. The van der Waals surface area contributed by atoms with Crippen molar-refractivity contribution in [3.63, 3.8) is 0 Å². The molecule has 0 saturated heterocycles. The third kappa shape index (κ3) is 4.60. The highest BCUT2D eigenvalue weighted by Crippen LogP contribution is 2.27. The zero-order valence-electron chi connectivity index (χ0n) is 12.9. The number of halogens is 1. The topological polar surface area (TPSA) is 35.5 Å². The van der Waals surface area contributed by atoms with Crippen LogP contribution in [0.2, 0.25) is 0 Å². The zero-order chi connectivity index (χ0) is 16.1. The molecule has 0 aliphatic heterocycles. The van der Waals surface area contributed by atoms with Crippen LogP contribution in [0.3, 0.4) is 0 Å². The predicted octanol–water partition coefficient (Wildman–Crippen LogP) is 5.01. The number of ether oxygens (including phenoxy) is 2. The Hall–Kier alpha value is -1.81. The second kappa shape index (κ2) is 7.45. The van der Waals surface area contributed by atoms with E-state index in [4.69, 9.17) is 9.47 Å². The van der Waals surface area contributed by atoms with Crippen molar-refractivity contribution in [1.29, 1.82) is 0 Å². The van der Waals surface area contributed by atoms with Crippen molar-refractivity contribution in [3.05, 3.63) is 58.1 Å². The molecule has 0 atom stereocenters. The molecule has 0 aliphatic carbocycles. The summed E-state index contributed by atoms with van der Waals surface area (Å²) in [6.07, 6.45) is 0. The molecule has 2 rings (SSSR count). The number of carbonyl (C=O) groups is 1. The van der Waals surface area contributed by atoms with Crippen LogP contribution in [0.4, 0.5) is 0 Å². The monoisotopic (exact) mass is 362 g/mol. The van der Waals surface area contributed by atoms with Gasteiger partial charge in [0, 0.05) is 0 Å². The van der Waals surface area contributed by atoms with Gasteiger partial charge in [0.15, 0.2) is 0 Å². The molecular weight excluding hydrogens is 344 g/mol. The first-order chi connectivity index (χ1) is 10.5. The van der Waals surface area contributed by atoms with E-state index in [9.17, 15) is 4.79 Å². The van der Waals surface area contributed by atoms with E-state index in [1.807, 2.05) is 19.1 Å². The molecule has 0 aromatic heterocycles. The van der Waals surface area contributed by atoms with Crippen molar-refractivity contribution in [2.24, 2.45) is 5.92 Å². The summed E-state index contributed by atoms with van der Waals surface area (Å²) in [5.74, 6) is 1.31. The SMILES string of the molecule is Cc1ccc(OC(=O)c2ccc(OCC(C)C)c(Br)c2)cc1. The Morgan fingerprint density at radius 2 is 1.82 bits per heavy atom. The zero-order valence-corrected chi connectivity index (χ0v) is 14.5. The second-order valence-corrected chi connectivity index (χ2v) is 6.41. The van der Waals surface area contributed by atoms with E-state index in [1.54, 1.807) is 30.3 Å². The average molecular weight is 363 g/mol. The number of hydrogen-bond donors (Lipinski definition) is 0. The van der Waals surface area contributed by atoms with Crippen LogP contribution in [0.15, 0.2) is 46.9 Å². The van der Waals surface area contributed by atoms with E-state index >= 15 is 0 Å². The maximum absolute atomic E-state index is 12.1. The molecule has 2 aromatic carbocycles. The van der Waals surface area contributed by atoms with Gasteiger partial charge >= 0.3 is 5.97 Å². The molecule has 0 spiro atoms. The minimum Gasteiger partial charge on any atom is -0.492 e. The Bertz CT molecular complexity index is 648. The maximum atomic E-state index is 12.1. The van der Waals surface area contributed by atoms with Crippen LogP contribution < -0.4 is 9.47 Å². The molecule has 0 heterocycles. The maximum Gasteiger partial charge on any atom is 0.343 e. The molecule has 0 unspecified atom stereocenters. The van der Waals surface area contributed by atoms with E-state index in [1.165, 1.54) is 0 Å². The third-order valence-electron chi connectivity index (χ3n) is 2.97. The molecule has 4 heteroatoms. The van der Waals surface area contributed by atoms with Crippen LogP contribution in [-0.4, -0.2) is 12.6 Å². The largest absolute Gasteiger partial charge is 0.492 e. The van der Waals surface area contributed by atoms with E-state index < -0.39 is 0 Å². The third-order valence-corrected chi connectivity index (χ3v) is 3.59. The van der Waals surface area contributed by atoms with E-state index in [0.29, 0.717) is 23.8 Å². The van der Waals surface area contributed by atoms with Crippen LogP contribution in [0.5, 0.6) is 11.5 Å². The van der Waals surface area contributed by atoms with Crippen molar-refractivity contribution in [2.75, 3.05) is 6.61 Å². The first-order valence-electron chi connectivity index (χ1n) is 7.17. The molecule has 0 aliphatic rings. The van der Waals surface area contributed by atoms with Crippen molar-refractivity contribution in [3.8, 4) is 11.5 Å². The molecule has 0 fully saturated rings. The van der Waals surface area contributed by atoms with E-state index in [-0.39, 0.29) is 5.97 Å². The van der Waals surface area contributed by atoms with Gasteiger partial charge in [0.1, 0.15) is 11.5 Å². The van der Waals surface area contributed by atoms with Crippen molar-refractivity contribution in [1.82, 2.24) is 0 Å². The average Bonchev–Trinajstić information content (AvgIpc) is 2.48. The Balaban J connectivity index is 2.07. The lowest BCUT2D eigenvalue weighted by molar-refractivity contribution is 0.0734. The number of aryl methyl sites for hydroxylation is 1. The highest BCUT2D eigenvalue weighted by molar-refractivity contribution is 9.10. The summed E-state index contributed by atoms with van der Waals surface area (Å²) >= 11 is 3.43. The Morgan fingerprint density at radius 1 is 1.14 bits per heavy atom. The molecule has 2 aromatic rings. The summed E-state index contributed by atoms with van der Waals surface area (Å²) < 4.78 is 11.8. The van der Waals surface area contributed by atoms with Crippen molar-refractivity contribution < 1.29 is 14.3 Å². The second-order valence-electron chi connectivity index (χ2n) is 5.55. The highest BCUT2D eigenvalue weighted by atomic mass is 79.9. The van der Waals surface area contributed by atoms with Gasteiger partial charge in [0.05, 0.1) is 16.6 Å². The lowest BCUT2D eigenvalue weighted by Crippen LogP contribution is -2.09. The summed E-state index contributed by atoms with van der Waals surface area (Å²) in [7, 11) is 0. The van der Waals surface area contributed by atoms with Gasteiger partial charge in [-0.15, -0.1) is 0 Å². The minimum absolute atomic E-state index is 0.389. The number of hydrogen-bond acceptors (Lipinski definition) is 3. The van der Waals surface area contributed by atoms with Crippen LogP contribution in [0.25, 0.3) is 0 Å². The number of benzene rings is 2. The lowest BCUT2D eigenvalue weighted by atomic mass is 10.2. The Kier molecular flexibility index (Phi) is 5.61. The molecule has 0 saturated carbocycles. The van der Waals surface area contributed by atoms with Gasteiger partial charge in [-0.05, 0) is 59.1 Å². The summed E-state index contributed by atoms with van der Waals surface area (Å²) in [6, 6.07) is 12.6. The van der Waals surface area contributed by atoms with Gasteiger partial charge in [-0.2, -0.15) is 0 Å². The molecule has 0 N–H and O–H groups in total. The molecule has 0 bridgehead atoms. The van der Waals surface area contributed by atoms with Gasteiger partial charge in [0.2, 0.25) is 0 Å². The van der Waals surface area contributed by atoms with Crippen LogP contribution >= 0.6 is 15.9 Å². The first-order valence-corrected chi connectivity index (χ1v) is 7.96. The fourth-order valence-electron chi connectivity index (χ4n) is 1.77. The smallest absolute Gasteiger partial charge is 0.343 e. The summed E-state index contributed by atoms with van der Waals surface area (Å²) in [5.41, 5.74) is 1.60. The molecule has 0 amide bonds. The van der Waals surface area contributed by atoms with Crippen LogP contribution in [0, 0.1) is 12.8 Å². The van der Waals surface area contributed by atoms with E-state index in [2.05, 4.69) is 29.8 Å². The first kappa shape index (κ1) is 16.6. The normalized spacial score (nSPS) is 10.6. The van der Waals surface area contributed by atoms with Gasteiger partial charge in [0.25, 0.3) is 0 Å². The molecular formula is C18H19BrO3. The number of rotatable bonds is 5. The van der Waals surface area contributed by atoms with Crippen molar-refractivity contribution >= 4 is 21.9 Å². The van der Waals surface area contributed by atoms with Gasteiger partial charge in [-0.25, -0.2) is 4.79 Å². The number of carbonyl (C=O) groups excluding carboxylic acids is 1. The van der Waals surface area contributed by atoms with Crippen LogP contribution in [-0.2, 0) is 0 Å². The Morgan fingerprint density at radius 3 is 2.41 bits per heavy atom. The van der Waals surface area contributed by atoms with Gasteiger partial charge in [-0.3, -0.25) is 0 Å². The fourth-order valence-corrected chi connectivity index (χ4v) is 2.27. The predicted molar refractivity (Wildman–Crippen MR) is 90.6 cm³/mol. The quantitative estimate of drug-likeness (QED) is 0.553. The van der Waals surface area contributed by atoms with E-state index in [0.717, 1.165) is 15.8 Å². The van der Waals surface area contributed by atoms with Crippen LogP contribution in [0.1, 0.15) is 29.8 Å². The summed E-state index contributed by atoms with van der Waals surface area (Å²) in [4.78, 5) is 12.1. The Labute approximate surface area is 139 Å².